The fourth-order valence-electron chi connectivity index (χ4n) is 0.455. The van der Waals surface area contributed by atoms with Crippen LogP contribution in [0.25, 0.3) is 0 Å². The van der Waals surface area contributed by atoms with Crippen LogP contribution in [0.5, 0.6) is 0 Å². The minimum atomic E-state index is -2.58. The van der Waals surface area contributed by atoms with E-state index in [0.717, 1.165) is 6.33 Å². The highest BCUT2D eigenvalue weighted by atomic mass is 19.3. The van der Waals surface area contributed by atoms with Gasteiger partial charge in [0.1, 0.15) is 12.2 Å². The summed E-state index contributed by atoms with van der Waals surface area (Å²) in [4.78, 5) is 3.51. The van der Waals surface area contributed by atoms with Gasteiger partial charge in [0, 0.05) is 0 Å². The fraction of sp³-hybridized carbons (Fsp3) is 0.500. The van der Waals surface area contributed by atoms with Gasteiger partial charge in [0.15, 0.2) is 0 Å². The van der Waals surface area contributed by atoms with Crippen LogP contribution in [0.1, 0.15) is 12.4 Å². The Morgan fingerprint density at radius 1 is 1.67 bits per heavy atom. The Labute approximate surface area is 50.3 Å². The smallest absolute Gasteiger partial charge is 0.220 e. The predicted molar refractivity (Wildman–Crippen MR) is 26.0 cm³/mol. The molecule has 9 heavy (non-hydrogen) atoms. The summed E-state index contributed by atoms with van der Waals surface area (Å²) in [6.45, 7) is -1.02. The molecular formula is C4H5F2N3. The maximum atomic E-state index is 11.6. The van der Waals surface area contributed by atoms with Crippen LogP contribution in [0.3, 0.4) is 0 Å². The predicted octanol–water partition coefficient (Wildman–Crippen LogP) is 0.982. The average Bonchev–Trinajstić information content (AvgIpc) is 2.14. The second-order valence-corrected chi connectivity index (χ2v) is 1.55. The van der Waals surface area contributed by atoms with Crippen molar-refractivity contribution in [1.29, 1.82) is 0 Å². The second kappa shape index (κ2) is 2.08. The molecule has 3 nitrogen and oxygen atoms in total. The van der Waals surface area contributed by atoms with Crippen LogP contribution in [-0.2, 0) is 0 Å². The average molecular weight is 133 g/mol. The number of aromatic nitrogens is 3. The van der Waals surface area contributed by atoms with E-state index in [2.05, 4.69) is 10.1 Å². The highest BCUT2D eigenvalue weighted by Crippen LogP contribution is 2.05. The Bertz CT molecular complexity index is 195. The molecule has 5 heteroatoms. The molecule has 0 spiro atoms. The van der Waals surface area contributed by atoms with E-state index in [1.807, 2.05) is 0 Å². The molecule has 0 unspecified atom stereocenters. The summed E-state index contributed by atoms with van der Waals surface area (Å²) < 4.78 is 23.8. The SMILES string of the molecule is Cc1ncn(C(F)F)n1. The monoisotopic (exact) mass is 133 g/mol. The third kappa shape index (κ3) is 1.22. The van der Waals surface area contributed by atoms with Crippen molar-refractivity contribution in [1.82, 2.24) is 14.8 Å². The van der Waals surface area contributed by atoms with Crippen molar-refractivity contribution in [3.63, 3.8) is 0 Å². The molecule has 50 valence electrons. The lowest BCUT2D eigenvalue weighted by atomic mass is 10.8. The van der Waals surface area contributed by atoms with Crippen molar-refractivity contribution in [3.8, 4) is 0 Å². The maximum Gasteiger partial charge on any atom is 0.334 e. The van der Waals surface area contributed by atoms with Crippen molar-refractivity contribution >= 4 is 0 Å². The summed E-state index contributed by atoms with van der Waals surface area (Å²) >= 11 is 0. The Balaban J connectivity index is 2.85. The first-order valence-corrected chi connectivity index (χ1v) is 2.36. The molecule has 0 aliphatic carbocycles. The third-order valence-electron chi connectivity index (χ3n) is 0.823. The van der Waals surface area contributed by atoms with Gasteiger partial charge < -0.3 is 0 Å². The van der Waals surface area contributed by atoms with Crippen molar-refractivity contribution in [2.75, 3.05) is 0 Å². The maximum absolute atomic E-state index is 11.6. The van der Waals surface area contributed by atoms with Gasteiger partial charge in [-0.2, -0.15) is 18.6 Å². The van der Waals surface area contributed by atoms with Gasteiger partial charge >= 0.3 is 6.55 Å². The van der Waals surface area contributed by atoms with E-state index in [1.54, 1.807) is 6.92 Å². The van der Waals surface area contributed by atoms with Crippen LogP contribution in [0.15, 0.2) is 6.33 Å². The first-order chi connectivity index (χ1) is 4.20. The largest absolute Gasteiger partial charge is 0.334 e. The van der Waals surface area contributed by atoms with Gasteiger partial charge in [-0.15, -0.1) is 0 Å². The zero-order valence-electron chi connectivity index (χ0n) is 4.75. The highest BCUT2D eigenvalue weighted by Gasteiger charge is 2.04. The summed E-state index contributed by atoms with van der Waals surface area (Å²) in [7, 11) is 0. The highest BCUT2D eigenvalue weighted by molar-refractivity contribution is 4.74. The lowest BCUT2D eigenvalue weighted by Crippen LogP contribution is -1.97. The number of hydrogen-bond acceptors (Lipinski definition) is 2. The Kier molecular flexibility index (Phi) is 1.42. The molecular weight excluding hydrogens is 128 g/mol. The lowest BCUT2D eigenvalue weighted by Gasteiger charge is -1.92. The molecule has 0 amide bonds. The number of rotatable bonds is 1. The molecule has 0 aromatic carbocycles. The van der Waals surface area contributed by atoms with E-state index >= 15 is 0 Å². The van der Waals surface area contributed by atoms with Crippen molar-refractivity contribution in [2.45, 2.75) is 13.5 Å². The van der Waals surface area contributed by atoms with Crippen LogP contribution in [0.4, 0.5) is 8.78 Å². The van der Waals surface area contributed by atoms with Crippen LogP contribution in [-0.4, -0.2) is 14.8 Å². The Morgan fingerprint density at radius 3 is 2.56 bits per heavy atom. The molecule has 0 bridgehead atoms. The quantitative estimate of drug-likeness (QED) is 0.571. The van der Waals surface area contributed by atoms with E-state index in [1.165, 1.54) is 0 Å². The molecule has 0 saturated carbocycles. The van der Waals surface area contributed by atoms with Gasteiger partial charge in [-0.05, 0) is 6.92 Å². The third-order valence-corrected chi connectivity index (χ3v) is 0.823. The summed E-state index contributed by atoms with van der Waals surface area (Å²) in [5.74, 6) is 0.357. The zero-order valence-corrected chi connectivity index (χ0v) is 4.75. The normalized spacial score (nSPS) is 10.7. The summed E-state index contributed by atoms with van der Waals surface area (Å²) in [5, 5.41) is 3.37. The van der Waals surface area contributed by atoms with Gasteiger partial charge in [0.25, 0.3) is 0 Å². The molecule has 1 aromatic heterocycles. The molecule has 0 aliphatic rings. The molecule has 1 aromatic rings. The summed E-state index contributed by atoms with van der Waals surface area (Å²) in [6, 6.07) is 0. The molecule has 1 heterocycles. The van der Waals surface area contributed by atoms with E-state index in [9.17, 15) is 8.78 Å². The zero-order chi connectivity index (χ0) is 6.85. The van der Waals surface area contributed by atoms with Crippen molar-refractivity contribution in [3.05, 3.63) is 12.2 Å². The van der Waals surface area contributed by atoms with Crippen LogP contribution in [0, 0.1) is 6.92 Å². The fourth-order valence-corrected chi connectivity index (χ4v) is 0.455. The van der Waals surface area contributed by atoms with Gasteiger partial charge in [0.05, 0.1) is 0 Å². The first kappa shape index (κ1) is 6.12. The van der Waals surface area contributed by atoms with Crippen molar-refractivity contribution in [2.24, 2.45) is 0 Å². The number of aryl methyl sites for hydroxylation is 1. The number of alkyl halides is 2. The van der Waals surface area contributed by atoms with Crippen LogP contribution >= 0.6 is 0 Å². The Hall–Kier alpha value is -1.00. The molecule has 0 radical (unpaired) electrons. The molecule has 0 N–H and O–H groups in total. The van der Waals surface area contributed by atoms with E-state index < -0.39 is 6.55 Å². The van der Waals surface area contributed by atoms with Gasteiger partial charge in [-0.25, -0.2) is 4.98 Å². The van der Waals surface area contributed by atoms with Gasteiger partial charge in [0.2, 0.25) is 0 Å². The standard InChI is InChI=1S/C4H5F2N3/c1-3-7-2-9(8-3)4(5)6/h2,4H,1H3. The topological polar surface area (TPSA) is 30.7 Å². The van der Waals surface area contributed by atoms with Gasteiger partial charge in [-0.3, -0.25) is 0 Å². The second-order valence-electron chi connectivity index (χ2n) is 1.55. The van der Waals surface area contributed by atoms with Gasteiger partial charge in [-0.1, -0.05) is 0 Å². The minimum Gasteiger partial charge on any atom is -0.220 e. The van der Waals surface area contributed by atoms with Crippen molar-refractivity contribution < 1.29 is 8.78 Å². The summed E-state index contributed by atoms with van der Waals surface area (Å²) in [6.07, 6.45) is 1.00. The number of nitrogens with zero attached hydrogens (tertiary/aromatic N) is 3. The van der Waals surface area contributed by atoms with Crippen LogP contribution < -0.4 is 0 Å². The first-order valence-electron chi connectivity index (χ1n) is 2.36. The number of hydrogen-bond donors (Lipinski definition) is 0. The molecule has 0 saturated heterocycles. The summed E-state index contributed by atoms with van der Waals surface area (Å²) in [5.41, 5.74) is 0. The lowest BCUT2D eigenvalue weighted by molar-refractivity contribution is 0.0560. The van der Waals surface area contributed by atoms with E-state index in [-0.39, 0.29) is 0 Å². The van der Waals surface area contributed by atoms with E-state index in [0.29, 0.717) is 10.5 Å². The molecule has 1 rings (SSSR count). The molecule has 0 aliphatic heterocycles. The van der Waals surface area contributed by atoms with E-state index in [4.69, 9.17) is 0 Å². The number of halogens is 2. The molecule has 0 fully saturated rings. The van der Waals surface area contributed by atoms with Crippen LogP contribution in [0.2, 0.25) is 0 Å². The Morgan fingerprint density at radius 2 is 2.33 bits per heavy atom. The molecule has 0 atom stereocenters. The minimum absolute atomic E-state index is 0.357.